The molecule has 148 valence electrons. The van der Waals surface area contributed by atoms with Gasteiger partial charge >= 0.3 is 5.97 Å². The number of aromatic nitrogens is 2. The molecule has 0 amide bonds. The van der Waals surface area contributed by atoms with Crippen LogP contribution in [0.1, 0.15) is 38.1 Å². The van der Waals surface area contributed by atoms with Gasteiger partial charge in [0.2, 0.25) is 10.0 Å². The molecule has 0 bridgehead atoms. The maximum Gasteiger partial charge on any atom is 0.303 e. The smallest absolute Gasteiger partial charge is 0.303 e. The molecule has 0 unspecified atom stereocenters. The van der Waals surface area contributed by atoms with E-state index in [1.165, 1.54) is 4.31 Å². The van der Waals surface area contributed by atoms with Gasteiger partial charge in [0, 0.05) is 25.9 Å². The highest BCUT2D eigenvalue weighted by atomic mass is 32.2. The number of aryl methyl sites for hydroxylation is 1. The highest BCUT2D eigenvalue weighted by molar-refractivity contribution is 7.89. The number of carboxylic acid groups (broad SMARTS) is 1. The lowest BCUT2D eigenvalue weighted by molar-refractivity contribution is -0.138. The third-order valence-corrected chi connectivity index (χ3v) is 7.63. The SMILES string of the molecule is Cc1ccc2nc(C[C@H]3CN(S(=O)(=O)C(C)C)CC[C@H]3CC(=O)O)[nH]c2c1. The van der Waals surface area contributed by atoms with Gasteiger partial charge in [-0.3, -0.25) is 4.79 Å². The molecule has 0 radical (unpaired) electrons. The zero-order chi connectivity index (χ0) is 19.8. The average Bonchev–Trinajstić information content (AvgIpc) is 2.97. The molecule has 1 fully saturated rings. The van der Waals surface area contributed by atoms with E-state index >= 15 is 0 Å². The monoisotopic (exact) mass is 393 g/mol. The molecule has 7 nitrogen and oxygen atoms in total. The van der Waals surface area contributed by atoms with Crippen molar-refractivity contribution in [3.63, 3.8) is 0 Å². The number of aromatic amines is 1. The number of hydrogen-bond donors (Lipinski definition) is 2. The van der Waals surface area contributed by atoms with Gasteiger partial charge in [-0.1, -0.05) is 6.07 Å². The second kappa shape index (κ2) is 7.59. The number of fused-ring (bicyclic) bond motifs is 1. The zero-order valence-electron chi connectivity index (χ0n) is 16.0. The number of imidazole rings is 1. The summed E-state index contributed by atoms with van der Waals surface area (Å²) >= 11 is 0. The van der Waals surface area contributed by atoms with Crippen molar-refractivity contribution in [2.45, 2.75) is 45.3 Å². The molecule has 1 saturated heterocycles. The van der Waals surface area contributed by atoms with Crippen LogP contribution in [-0.2, 0) is 21.2 Å². The second-order valence-corrected chi connectivity index (χ2v) is 10.3. The first-order valence-electron chi connectivity index (χ1n) is 9.33. The zero-order valence-corrected chi connectivity index (χ0v) is 16.8. The number of nitrogens with zero attached hydrogens (tertiary/aromatic N) is 2. The third kappa shape index (κ3) is 4.32. The van der Waals surface area contributed by atoms with E-state index in [0.717, 1.165) is 22.4 Å². The largest absolute Gasteiger partial charge is 0.481 e. The Labute approximate surface area is 159 Å². The highest BCUT2D eigenvalue weighted by Crippen LogP contribution is 2.31. The topological polar surface area (TPSA) is 103 Å². The van der Waals surface area contributed by atoms with Crippen LogP contribution in [0.4, 0.5) is 0 Å². The standard InChI is InChI=1S/C19H27N3O4S/c1-12(2)27(25,26)22-7-6-14(10-19(23)24)15(11-22)9-18-20-16-5-4-13(3)8-17(16)21-18/h4-5,8,12,14-15H,6-7,9-11H2,1-3H3,(H,20,21)(H,23,24)/t14-,15-/m0/s1. The number of nitrogens with one attached hydrogen (secondary N) is 1. The molecule has 2 N–H and O–H groups in total. The van der Waals surface area contributed by atoms with E-state index in [2.05, 4.69) is 9.97 Å². The van der Waals surface area contributed by atoms with E-state index in [1.54, 1.807) is 13.8 Å². The van der Waals surface area contributed by atoms with Gasteiger partial charge in [0.1, 0.15) is 5.82 Å². The molecule has 1 aliphatic rings. The van der Waals surface area contributed by atoms with Gasteiger partial charge in [-0.25, -0.2) is 17.7 Å². The summed E-state index contributed by atoms with van der Waals surface area (Å²) in [7, 11) is -3.35. The number of benzene rings is 1. The lowest BCUT2D eigenvalue weighted by Gasteiger charge is -2.38. The minimum Gasteiger partial charge on any atom is -0.481 e. The van der Waals surface area contributed by atoms with Crippen LogP contribution >= 0.6 is 0 Å². The number of sulfonamides is 1. The second-order valence-electron chi connectivity index (χ2n) is 7.77. The summed E-state index contributed by atoms with van der Waals surface area (Å²) in [5, 5.41) is 8.77. The first-order valence-corrected chi connectivity index (χ1v) is 10.8. The van der Waals surface area contributed by atoms with Gasteiger partial charge in [-0.05, 0) is 56.7 Å². The van der Waals surface area contributed by atoms with Crippen LogP contribution in [-0.4, -0.2) is 52.1 Å². The lowest BCUT2D eigenvalue weighted by Crippen LogP contribution is -2.47. The Balaban J connectivity index is 1.85. The molecule has 1 aromatic carbocycles. The van der Waals surface area contributed by atoms with Crippen LogP contribution in [0.2, 0.25) is 0 Å². The Hall–Kier alpha value is -1.93. The fraction of sp³-hybridized carbons (Fsp3) is 0.579. The molecule has 0 aliphatic carbocycles. The Bertz CT molecular complexity index is 936. The van der Waals surface area contributed by atoms with Crippen molar-refractivity contribution < 1.29 is 18.3 Å². The minimum absolute atomic E-state index is 0.0551. The maximum absolute atomic E-state index is 12.6. The summed E-state index contributed by atoms with van der Waals surface area (Å²) < 4.78 is 26.7. The summed E-state index contributed by atoms with van der Waals surface area (Å²) in [6, 6.07) is 5.98. The summed E-state index contributed by atoms with van der Waals surface area (Å²) in [4.78, 5) is 19.2. The molecule has 2 atom stereocenters. The fourth-order valence-corrected chi connectivity index (χ4v) is 5.18. The molecule has 2 heterocycles. The summed E-state index contributed by atoms with van der Waals surface area (Å²) in [5.74, 6) is -0.203. The highest BCUT2D eigenvalue weighted by Gasteiger charge is 2.37. The van der Waals surface area contributed by atoms with E-state index in [1.807, 2.05) is 25.1 Å². The summed E-state index contributed by atoms with van der Waals surface area (Å²) in [6.07, 6.45) is 1.15. The molecular weight excluding hydrogens is 366 g/mol. The number of carbonyl (C=O) groups is 1. The van der Waals surface area contributed by atoms with Crippen LogP contribution in [0.25, 0.3) is 11.0 Å². The van der Waals surface area contributed by atoms with Gasteiger partial charge in [0.15, 0.2) is 0 Å². The van der Waals surface area contributed by atoms with Gasteiger partial charge in [-0.15, -0.1) is 0 Å². The molecular formula is C19H27N3O4S. The molecule has 8 heteroatoms. The van der Waals surface area contributed by atoms with Crippen molar-refractivity contribution in [3.05, 3.63) is 29.6 Å². The van der Waals surface area contributed by atoms with Crippen molar-refractivity contribution in [3.8, 4) is 0 Å². The Morgan fingerprint density at radius 1 is 1.37 bits per heavy atom. The van der Waals surface area contributed by atoms with Crippen molar-refractivity contribution in [1.29, 1.82) is 0 Å². The van der Waals surface area contributed by atoms with E-state index in [0.29, 0.717) is 25.9 Å². The number of carboxylic acids is 1. The number of H-pyrrole nitrogens is 1. The summed E-state index contributed by atoms with van der Waals surface area (Å²) in [5.41, 5.74) is 2.95. The Morgan fingerprint density at radius 2 is 2.11 bits per heavy atom. The molecule has 2 aromatic rings. The van der Waals surface area contributed by atoms with E-state index in [9.17, 15) is 18.3 Å². The lowest BCUT2D eigenvalue weighted by atomic mass is 9.82. The van der Waals surface area contributed by atoms with Gasteiger partial charge in [0.05, 0.1) is 16.3 Å². The number of rotatable bonds is 6. The van der Waals surface area contributed by atoms with Crippen LogP contribution < -0.4 is 0 Å². The number of hydrogen-bond acceptors (Lipinski definition) is 4. The third-order valence-electron chi connectivity index (χ3n) is 5.39. The Kier molecular flexibility index (Phi) is 5.58. The molecule has 3 rings (SSSR count). The van der Waals surface area contributed by atoms with Crippen molar-refractivity contribution >= 4 is 27.0 Å². The summed E-state index contributed by atoms with van der Waals surface area (Å²) in [6.45, 7) is 6.09. The van der Waals surface area contributed by atoms with Crippen LogP contribution in [0.15, 0.2) is 18.2 Å². The van der Waals surface area contributed by atoms with Crippen LogP contribution in [0, 0.1) is 18.8 Å². The first kappa shape index (κ1) is 19.8. The normalized spacial score (nSPS) is 21.8. The minimum atomic E-state index is -3.35. The van der Waals surface area contributed by atoms with Gasteiger partial charge in [0.25, 0.3) is 0 Å². The predicted octanol–water partition coefficient (Wildman–Crippen LogP) is 2.56. The van der Waals surface area contributed by atoms with Gasteiger partial charge < -0.3 is 10.1 Å². The van der Waals surface area contributed by atoms with E-state index in [-0.39, 0.29) is 18.3 Å². The molecule has 1 aliphatic heterocycles. The molecule has 27 heavy (non-hydrogen) atoms. The molecule has 0 spiro atoms. The maximum atomic E-state index is 12.6. The quantitative estimate of drug-likeness (QED) is 0.785. The fourth-order valence-electron chi connectivity index (χ4n) is 3.82. The van der Waals surface area contributed by atoms with Gasteiger partial charge in [-0.2, -0.15) is 0 Å². The average molecular weight is 394 g/mol. The van der Waals surface area contributed by atoms with E-state index < -0.39 is 21.2 Å². The first-order chi connectivity index (χ1) is 12.7. The van der Waals surface area contributed by atoms with Crippen LogP contribution in [0.5, 0.6) is 0 Å². The predicted molar refractivity (Wildman–Crippen MR) is 104 cm³/mol. The van der Waals surface area contributed by atoms with E-state index in [4.69, 9.17) is 0 Å². The Morgan fingerprint density at radius 3 is 2.78 bits per heavy atom. The van der Waals surface area contributed by atoms with Crippen molar-refractivity contribution in [2.75, 3.05) is 13.1 Å². The molecule has 0 saturated carbocycles. The number of aliphatic carboxylic acids is 1. The molecule has 1 aromatic heterocycles. The number of piperidine rings is 1. The van der Waals surface area contributed by atoms with Crippen molar-refractivity contribution in [2.24, 2.45) is 11.8 Å². The van der Waals surface area contributed by atoms with Crippen molar-refractivity contribution in [1.82, 2.24) is 14.3 Å². The van der Waals surface area contributed by atoms with Crippen LogP contribution in [0.3, 0.4) is 0 Å².